The minimum Gasteiger partial charge on any atom is -0.493 e. The van der Waals surface area contributed by atoms with Crippen LogP contribution in [0.15, 0.2) is 18.2 Å². The van der Waals surface area contributed by atoms with Crippen LogP contribution in [0.2, 0.25) is 0 Å². The average Bonchev–Trinajstić information content (AvgIpc) is 3.46. The summed E-state index contributed by atoms with van der Waals surface area (Å²) in [5.74, 6) is 0.873. The molecule has 8 nitrogen and oxygen atoms in total. The van der Waals surface area contributed by atoms with Crippen LogP contribution in [0.5, 0.6) is 11.5 Å². The smallest absolute Gasteiger partial charge is 0.302 e. The maximum Gasteiger partial charge on any atom is 0.302 e. The molecule has 32 heavy (non-hydrogen) atoms. The molecule has 2 fully saturated rings. The molecule has 3 rings (SSSR count). The number of amides is 2. The van der Waals surface area contributed by atoms with E-state index >= 15 is 0 Å². The molecule has 0 bridgehead atoms. The molecule has 1 aromatic carbocycles. The Hall–Kier alpha value is -2.77. The van der Waals surface area contributed by atoms with Gasteiger partial charge in [0.15, 0.2) is 11.5 Å². The normalized spacial score (nSPS) is 20.3. The van der Waals surface area contributed by atoms with Crippen molar-refractivity contribution >= 4 is 17.8 Å². The van der Waals surface area contributed by atoms with Crippen LogP contribution >= 0.6 is 0 Å². The van der Waals surface area contributed by atoms with Gasteiger partial charge in [-0.25, -0.2) is 0 Å². The number of ether oxygens (including phenoxy) is 3. The lowest BCUT2D eigenvalue weighted by Crippen LogP contribution is -2.53. The van der Waals surface area contributed by atoms with E-state index in [0.717, 1.165) is 37.9 Å². The van der Waals surface area contributed by atoms with Crippen molar-refractivity contribution in [2.24, 2.45) is 0 Å². The highest BCUT2D eigenvalue weighted by Gasteiger charge is 2.46. The molecular weight excluding hydrogens is 412 g/mol. The molecule has 2 aliphatic heterocycles. The number of esters is 1. The molecule has 2 heterocycles. The molecule has 0 saturated carbocycles. The third-order valence-corrected chi connectivity index (χ3v) is 6.46. The third kappa shape index (κ3) is 5.53. The van der Waals surface area contributed by atoms with Gasteiger partial charge in [0.2, 0.25) is 11.8 Å². The van der Waals surface area contributed by atoms with E-state index in [0.29, 0.717) is 37.3 Å². The van der Waals surface area contributed by atoms with Crippen LogP contribution in [0.4, 0.5) is 0 Å². The summed E-state index contributed by atoms with van der Waals surface area (Å²) in [4.78, 5) is 41.4. The number of carbonyl (C=O) groups excluding carboxylic acids is 3. The molecule has 0 radical (unpaired) electrons. The zero-order valence-corrected chi connectivity index (χ0v) is 19.4. The summed E-state index contributed by atoms with van der Waals surface area (Å²) >= 11 is 0. The van der Waals surface area contributed by atoms with E-state index < -0.39 is 11.5 Å². The summed E-state index contributed by atoms with van der Waals surface area (Å²) in [5, 5.41) is 0. The molecule has 2 saturated heterocycles. The van der Waals surface area contributed by atoms with Crippen molar-refractivity contribution in [3.8, 4) is 11.5 Å². The van der Waals surface area contributed by atoms with E-state index in [1.54, 1.807) is 19.1 Å². The van der Waals surface area contributed by atoms with Gasteiger partial charge in [-0.1, -0.05) is 6.07 Å². The van der Waals surface area contributed by atoms with Crippen molar-refractivity contribution in [1.82, 2.24) is 9.80 Å². The van der Waals surface area contributed by atoms with Crippen molar-refractivity contribution in [1.29, 1.82) is 0 Å². The molecule has 176 valence electrons. The molecule has 1 aromatic rings. The molecular formula is C24H34N2O6. The van der Waals surface area contributed by atoms with Crippen molar-refractivity contribution in [3.05, 3.63) is 23.8 Å². The van der Waals surface area contributed by atoms with Crippen LogP contribution in [0, 0.1) is 0 Å². The topological polar surface area (TPSA) is 85.4 Å². The summed E-state index contributed by atoms with van der Waals surface area (Å²) in [5.41, 5.74) is 0.203. The number of hydrogen-bond donors (Lipinski definition) is 0. The number of nitrogens with zero attached hydrogens (tertiary/aromatic N) is 2. The summed E-state index contributed by atoms with van der Waals surface area (Å²) in [6, 6.07) is 5.62. The Balaban J connectivity index is 1.71. The van der Waals surface area contributed by atoms with Gasteiger partial charge in [-0.3, -0.25) is 14.4 Å². The monoisotopic (exact) mass is 446 g/mol. The van der Waals surface area contributed by atoms with E-state index in [9.17, 15) is 14.4 Å². The maximum atomic E-state index is 13.3. The quantitative estimate of drug-likeness (QED) is 0.542. The Kier molecular flexibility index (Phi) is 7.99. The number of likely N-dealkylation sites (tertiary alicyclic amines) is 2. The van der Waals surface area contributed by atoms with E-state index in [2.05, 4.69) is 0 Å². The largest absolute Gasteiger partial charge is 0.493 e. The first-order valence-electron chi connectivity index (χ1n) is 11.3. The Labute approximate surface area is 189 Å². The lowest BCUT2D eigenvalue weighted by Gasteiger charge is -2.38. The number of aryl methyl sites for hydroxylation is 1. The predicted octanol–water partition coefficient (Wildman–Crippen LogP) is 2.57. The predicted molar refractivity (Wildman–Crippen MR) is 119 cm³/mol. The van der Waals surface area contributed by atoms with E-state index in [1.165, 1.54) is 6.92 Å². The van der Waals surface area contributed by atoms with Gasteiger partial charge in [0, 0.05) is 33.0 Å². The molecule has 0 aromatic heterocycles. The van der Waals surface area contributed by atoms with Crippen LogP contribution < -0.4 is 9.47 Å². The van der Waals surface area contributed by atoms with Gasteiger partial charge in [-0.2, -0.15) is 0 Å². The third-order valence-electron chi connectivity index (χ3n) is 6.46. The fraction of sp³-hybridized carbons (Fsp3) is 0.625. The standard InChI is InChI=1S/C24H34N2O6/c1-18(27)32-17-24(16-23(29)25-12-4-5-13-25)11-6-14-26(24)22(28)10-8-19-7-9-20(30-2)21(15-19)31-3/h7,9,15H,4-6,8,10-14,16-17H2,1-3H3. The zero-order valence-electron chi connectivity index (χ0n) is 19.4. The highest BCUT2D eigenvalue weighted by molar-refractivity contribution is 5.82. The Morgan fingerprint density at radius 3 is 2.34 bits per heavy atom. The average molecular weight is 447 g/mol. The second-order valence-corrected chi connectivity index (χ2v) is 8.61. The van der Waals surface area contributed by atoms with Gasteiger partial charge >= 0.3 is 5.97 Å². The molecule has 2 amide bonds. The summed E-state index contributed by atoms with van der Waals surface area (Å²) in [6.07, 6.45) is 4.50. The molecule has 1 atom stereocenters. The van der Waals surface area contributed by atoms with Crippen LogP contribution in [-0.2, 0) is 25.5 Å². The molecule has 0 aliphatic carbocycles. The van der Waals surface area contributed by atoms with Crippen molar-refractivity contribution in [3.63, 3.8) is 0 Å². The number of benzene rings is 1. The highest BCUT2D eigenvalue weighted by Crippen LogP contribution is 2.35. The first-order valence-corrected chi connectivity index (χ1v) is 11.3. The summed E-state index contributed by atoms with van der Waals surface area (Å²) < 4.78 is 16.0. The molecule has 0 spiro atoms. The molecule has 2 aliphatic rings. The number of methoxy groups -OCH3 is 2. The van der Waals surface area contributed by atoms with Gasteiger partial charge in [0.1, 0.15) is 6.61 Å². The molecule has 8 heteroatoms. The molecule has 1 unspecified atom stereocenters. The summed E-state index contributed by atoms with van der Waals surface area (Å²) in [6.45, 7) is 3.50. The first-order chi connectivity index (χ1) is 15.4. The second-order valence-electron chi connectivity index (χ2n) is 8.61. The van der Waals surface area contributed by atoms with Crippen LogP contribution in [0.1, 0.15) is 51.0 Å². The van der Waals surface area contributed by atoms with Crippen LogP contribution in [0.3, 0.4) is 0 Å². The second kappa shape index (κ2) is 10.7. The SMILES string of the molecule is COc1ccc(CCC(=O)N2CCCC2(COC(C)=O)CC(=O)N2CCCC2)cc1OC. The van der Waals surface area contributed by atoms with Crippen LogP contribution in [-0.4, -0.2) is 73.6 Å². The molecule has 0 N–H and O–H groups in total. The Bertz CT molecular complexity index is 836. The minimum atomic E-state index is -0.764. The van der Waals surface area contributed by atoms with Gasteiger partial charge in [-0.05, 0) is 49.8 Å². The first kappa shape index (κ1) is 23.9. The van der Waals surface area contributed by atoms with Gasteiger partial charge in [-0.15, -0.1) is 0 Å². The summed E-state index contributed by atoms with van der Waals surface area (Å²) in [7, 11) is 3.17. The Morgan fingerprint density at radius 1 is 0.969 bits per heavy atom. The van der Waals surface area contributed by atoms with E-state index in [4.69, 9.17) is 14.2 Å². The zero-order chi connectivity index (χ0) is 23.1. The number of carbonyl (C=O) groups is 3. The lowest BCUT2D eigenvalue weighted by molar-refractivity contribution is -0.153. The Morgan fingerprint density at radius 2 is 1.69 bits per heavy atom. The van der Waals surface area contributed by atoms with E-state index in [1.807, 2.05) is 23.1 Å². The highest BCUT2D eigenvalue weighted by atomic mass is 16.5. The van der Waals surface area contributed by atoms with Gasteiger partial charge in [0.25, 0.3) is 0 Å². The van der Waals surface area contributed by atoms with Crippen molar-refractivity contribution < 1.29 is 28.6 Å². The van der Waals surface area contributed by atoms with Gasteiger partial charge in [0.05, 0.1) is 26.2 Å². The fourth-order valence-electron chi connectivity index (χ4n) is 4.73. The number of rotatable bonds is 9. The van der Waals surface area contributed by atoms with Gasteiger partial charge < -0.3 is 24.0 Å². The van der Waals surface area contributed by atoms with E-state index in [-0.39, 0.29) is 24.8 Å². The number of hydrogen-bond acceptors (Lipinski definition) is 6. The lowest BCUT2D eigenvalue weighted by atomic mass is 9.91. The van der Waals surface area contributed by atoms with Crippen molar-refractivity contribution in [2.45, 2.75) is 57.4 Å². The maximum absolute atomic E-state index is 13.3. The fourth-order valence-corrected chi connectivity index (χ4v) is 4.73. The minimum absolute atomic E-state index is 0.0290. The van der Waals surface area contributed by atoms with Crippen LogP contribution in [0.25, 0.3) is 0 Å². The van der Waals surface area contributed by atoms with Crippen molar-refractivity contribution in [2.75, 3.05) is 40.5 Å².